The summed E-state index contributed by atoms with van der Waals surface area (Å²) in [5, 5.41) is 1.22. The quantitative estimate of drug-likeness (QED) is 0.618. The van der Waals surface area contributed by atoms with Crippen LogP contribution in [-0.4, -0.2) is 53.1 Å². The number of oxazole rings is 1. The van der Waals surface area contributed by atoms with Crippen LogP contribution in [0.25, 0.3) is 11.1 Å². The molecule has 2 aliphatic rings. The number of hydrogen-bond donors (Lipinski definition) is 0. The van der Waals surface area contributed by atoms with Gasteiger partial charge in [-0.1, -0.05) is 23.2 Å². The van der Waals surface area contributed by atoms with Crippen molar-refractivity contribution in [3.8, 4) is 0 Å². The maximum atomic E-state index is 13.2. The Labute approximate surface area is 177 Å². The van der Waals surface area contributed by atoms with E-state index in [9.17, 15) is 4.79 Å². The van der Waals surface area contributed by atoms with Crippen LogP contribution in [-0.2, 0) is 22.5 Å². The average Bonchev–Trinajstić information content (AvgIpc) is 3.22. The van der Waals surface area contributed by atoms with Crippen molar-refractivity contribution in [3.05, 3.63) is 52.1 Å². The van der Waals surface area contributed by atoms with Crippen molar-refractivity contribution in [2.45, 2.75) is 19.1 Å². The molecule has 0 spiro atoms. The lowest BCUT2D eigenvalue weighted by Crippen LogP contribution is -2.52. The van der Waals surface area contributed by atoms with Crippen molar-refractivity contribution in [3.63, 3.8) is 0 Å². The summed E-state index contributed by atoms with van der Waals surface area (Å²) in [6.45, 7) is 2.60. The van der Waals surface area contributed by atoms with Gasteiger partial charge in [0.25, 0.3) is 5.91 Å². The fourth-order valence-corrected chi connectivity index (χ4v) is 4.59. The van der Waals surface area contributed by atoms with Gasteiger partial charge in [0.1, 0.15) is 11.2 Å². The first-order valence-electron chi connectivity index (χ1n) is 9.39. The molecule has 1 unspecified atom stereocenters. The summed E-state index contributed by atoms with van der Waals surface area (Å²) in [5.74, 6) is -0.0379. The highest BCUT2D eigenvalue weighted by molar-refractivity contribution is 6.35. The van der Waals surface area contributed by atoms with Crippen molar-refractivity contribution in [1.29, 1.82) is 0 Å². The van der Waals surface area contributed by atoms with Gasteiger partial charge in [0.2, 0.25) is 0 Å². The Morgan fingerprint density at radius 1 is 1.21 bits per heavy atom. The third kappa shape index (κ3) is 3.43. The molecule has 7 nitrogen and oxygen atoms in total. The molecule has 5 rings (SSSR count). The van der Waals surface area contributed by atoms with Gasteiger partial charge in [0, 0.05) is 29.7 Å². The fraction of sp³-hybridized carbons (Fsp3) is 0.350. The minimum absolute atomic E-state index is 0.0379. The second kappa shape index (κ2) is 7.48. The molecule has 2 aliphatic heterocycles. The van der Waals surface area contributed by atoms with E-state index in [0.29, 0.717) is 53.9 Å². The Balaban J connectivity index is 1.34. The summed E-state index contributed by atoms with van der Waals surface area (Å²) in [6, 6.07) is 3.65. The second-order valence-corrected chi connectivity index (χ2v) is 8.04. The Kier molecular flexibility index (Phi) is 4.81. The van der Waals surface area contributed by atoms with Crippen molar-refractivity contribution in [2.24, 2.45) is 0 Å². The number of benzene rings is 1. The third-order valence-corrected chi connectivity index (χ3v) is 6.02. The topological polar surface area (TPSA) is 71.7 Å². The Morgan fingerprint density at radius 2 is 2.10 bits per heavy atom. The molecule has 1 atom stereocenters. The molecule has 1 fully saturated rings. The summed E-state index contributed by atoms with van der Waals surface area (Å²) in [5.41, 5.74) is 4.24. The molecule has 4 heterocycles. The molecule has 29 heavy (non-hydrogen) atoms. The Hall–Kier alpha value is -2.35. The lowest BCUT2D eigenvalue weighted by Gasteiger charge is -2.37. The lowest BCUT2D eigenvalue weighted by molar-refractivity contribution is -0.145. The van der Waals surface area contributed by atoms with E-state index in [0.717, 1.165) is 23.2 Å². The maximum Gasteiger partial charge on any atom is 0.253 e. The fourth-order valence-electron chi connectivity index (χ4n) is 3.99. The zero-order chi connectivity index (χ0) is 20.0. The summed E-state index contributed by atoms with van der Waals surface area (Å²) in [7, 11) is 0. The number of hydrogen-bond acceptors (Lipinski definition) is 6. The van der Waals surface area contributed by atoms with Crippen LogP contribution in [0.3, 0.4) is 0 Å². The highest BCUT2D eigenvalue weighted by atomic mass is 35.5. The number of pyridine rings is 1. The standard InChI is InChI=1S/C20H18Cl2N4O3/c21-13-5-12-1-2-26(9-14(12)15(22)6-13)20(27)18-10-25(3-4-28-18)17-8-23-7-16-19(17)29-11-24-16/h5-8,11,18H,1-4,9-10H2. The van der Waals surface area contributed by atoms with E-state index in [2.05, 4.69) is 14.9 Å². The van der Waals surface area contributed by atoms with Gasteiger partial charge in [0.05, 0.1) is 25.5 Å². The number of aromatic nitrogens is 2. The Bertz CT molecular complexity index is 1090. The number of carbonyl (C=O) groups is 1. The van der Waals surface area contributed by atoms with Crippen LogP contribution in [0.15, 0.2) is 35.3 Å². The normalized spacial score (nSPS) is 19.4. The maximum absolute atomic E-state index is 13.2. The van der Waals surface area contributed by atoms with E-state index >= 15 is 0 Å². The molecule has 1 saturated heterocycles. The molecule has 0 radical (unpaired) electrons. The number of halogens is 2. The summed E-state index contributed by atoms with van der Waals surface area (Å²) < 4.78 is 11.3. The SMILES string of the molecule is O=C(C1CN(c2cncc3ncoc23)CCO1)N1CCc2cc(Cl)cc(Cl)c2C1. The molecule has 3 aromatic rings. The molecular weight excluding hydrogens is 415 g/mol. The van der Waals surface area contributed by atoms with Gasteiger partial charge in [-0.3, -0.25) is 9.78 Å². The molecular formula is C20H18Cl2N4O3. The predicted molar refractivity (Wildman–Crippen MR) is 109 cm³/mol. The smallest absolute Gasteiger partial charge is 0.253 e. The van der Waals surface area contributed by atoms with Crippen LogP contribution in [0.1, 0.15) is 11.1 Å². The van der Waals surface area contributed by atoms with Gasteiger partial charge in [-0.2, -0.15) is 0 Å². The van der Waals surface area contributed by atoms with Gasteiger partial charge in [-0.05, 0) is 29.7 Å². The van der Waals surface area contributed by atoms with Crippen molar-refractivity contribution in [1.82, 2.24) is 14.9 Å². The van der Waals surface area contributed by atoms with Crippen LogP contribution in [0.5, 0.6) is 0 Å². The first-order valence-corrected chi connectivity index (χ1v) is 10.1. The number of morpholine rings is 1. The molecule has 1 aromatic carbocycles. The molecule has 0 saturated carbocycles. The largest absolute Gasteiger partial charge is 0.441 e. The van der Waals surface area contributed by atoms with Gasteiger partial charge in [-0.15, -0.1) is 0 Å². The number of ether oxygens (including phenoxy) is 1. The molecule has 2 aromatic heterocycles. The number of rotatable bonds is 2. The first kappa shape index (κ1) is 18.7. The van der Waals surface area contributed by atoms with E-state index in [1.165, 1.54) is 6.39 Å². The van der Waals surface area contributed by atoms with E-state index in [1.54, 1.807) is 18.5 Å². The zero-order valence-corrected chi connectivity index (χ0v) is 17.0. The van der Waals surface area contributed by atoms with E-state index < -0.39 is 6.10 Å². The Morgan fingerprint density at radius 3 is 3.00 bits per heavy atom. The van der Waals surface area contributed by atoms with Gasteiger partial charge in [-0.25, -0.2) is 4.98 Å². The molecule has 150 valence electrons. The van der Waals surface area contributed by atoms with E-state index in [-0.39, 0.29) is 5.91 Å². The van der Waals surface area contributed by atoms with Gasteiger partial charge in [0.15, 0.2) is 18.1 Å². The number of amides is 1. The summed E-state index contributed by atoms with van der Waals surface area (Å²) >= 11 is 12.5. The molecule has 1 amide bonds. The number of carbonyl (C=O) groups excluding carboxylic acids is 1. The molecule has 0 bridgehead atoms. The average molecular weight is 433 g/mol. The minimum atomic E-state index is -0.561. The highest BCUT2D eigenvalue weighted by Gasteiger charge is 2.33. The minimum Gasteiger partial charge on any atom is -0.441 e. The summed E-state index contributed by atoms with van der Waals surface area (Å²) in [6.07, 6.45) is 4.96. The van der Waals surface area contributed by atoms with Crippen LogP contribution < -0.4 is 4.90 Å². The molecule has 0 aliphatic carbocycles. The van der Waals surface area contributed by atoms with Crippen molar-refractivity contribution >= 4 is 45.9 Å². The highest BCUT2D eigenvalue weighted by Crippen LogP contribution is 2.31. The van der Waals surface area contributed by atoms with Crippen LogP contribution in [0.2, 0.25) is 10.0 Å². The number of fused-ring (bicyclic) bond motifs is 2. The van der Waals surface area contributed by atoms with E-state index in [4.69, 9.17) is 32.4 Å². The van der Waals surface area contributed by atoms with Crippen LogP contribution in [0.4, 0.5) is 5.69 Å². The van der Waals surface area contributed by atoms with Crippen LogP contribution in [0, 0.1) is 0 Å². The van der Waals surface area contributed by atoms with Crippen molar-refractivity contribution in [2.75, 3.05) is 31.1 Å². The summed E-state index contributed by atoms with van der Waals surface area (Å²) in [4.78, 5) is 25.5. The molecule has 0 N–H and O–H groups in total. The molecule has 9 heteroatoms. The van der Waals surface area contributed by atoms with Gasteiger partial charge >= 0.3 is 0 Å². The van der Waals surface area contributed by atoms with Crippen molar-refractivity contribution < 1.29 is 13.9 Å². The van der Waals surface area contributed by atoms with Crippen LogP contribution >= 0.6 is 23.2 Å². The predicted octanol–water partition coefficient (Wildman–Crippen LogP) is 3.32. The van der Waals surface area contributed by atoms with Gasteiger partial charge < -0.3 is 19.0 Å². The van der Waals surface area contributed by atoms with E-state index in [1.807, 2.05) is 11.0 Å². The second-order valence-electron chi connectivity index (χ2n) is 7.20. The first-order chi connectivity index (χ1) is 14.1. The zero-order valence-electron chi connectivity index (χ0n) is 15.5. The lowest BCUT2D eigenvalue weighted by atomic mass is 9.99. The third-order valence-electron chi connectivity index (χ3n) is 5.47. The monoisotopic (exact) mass is 432 g/mol. The number of nitrogens with zero attached hydrogens (tertiary/aromatic N) is 4. The number of anilines is 1.